The second kappa shape index (κ2) is 8.45. The molecule has 1 aliphatic heterocycles. The van der Waals surface area contributed by atoms with Gasteiger partial charge in [0, 0.05) is 19.1 Å². The van der Waals surface area contributed by atoms with Crippen molar-refractivity contribution in [3.63, 3.8) is 0 Å². The molecule has 6 nitrogen and oxygen atoms in total. The first-order chi connectivity index (χ1) is 11.9. The average Bonchev–Trinajstić information content (AvgIpc) is 2.62. The van der Waals surface area contributed by atoms with Crippen LogP contribution < -0.4 is 5.32 Å². The summed E-state index contributed by atoms with van der Waals surface area (Å²) in [5.41, 5.74) is 0.129. The third-order valence-corrected chi connectivity index (χ3v) is 6.66. The monoisotopic (exact) mass is 363 g/mol. The average molecular weight is 363 g/mol. The summed E-state index contributed by atoms with van der Waals surface area (Å²) in [6.07, 6.45) is 3.20. The number of piperidine rings is 1. The lowest BCUT2D eigenvalue weighted by Gasteiger charge is -2.36. The molecule has 2 atom stereocenters. The molecule has 136 valence electrons. The zero-order chi connectivity index (χ0) is 18.4. The van der Waals surface area contributed by atoms with Crippen LogP contribution in [0.4, 0.5) is 0 Å². The standard InChI is InChI=1S/C18H25N3O3S/c1-3-4-11-20-18(22)16-10-9-14(2)21(13-16)25(23,24)17-8-6-5-7-15(17)12-19/h5-8,14,16H,3-4,9-11,13H2,1-2H3,(H,20,22). The fourth-order valence-corrected chi connectivity index (χ4v) is 4.92. The van der Waals surface area contributed by atoms with E-state index in [2.05, 4.69) is 12.2 Å². The van der Waals surface area contributed by atoms with Crippen LogP contribution in [0.5, 0.6) is 0 Å². The van der Waals surface area contributed by atoms with Gasteiger partial charge in [-0.2, -0.15) is 9.57 Å². The van der Waals surface area contributed by atoms with E-state index >= 15 is 0 Å². The van der Waals surface area contributed by atoms with Crippen molar-refractivity contribution in [2.75, 3.05) is 13.1 Å². The zero-order valence-electron chi connectivity index (χ0n) is 14.7. The summed E-state index contributed by atoms with van der Waals surface area (Å²) in [7, 11) is -3.81. The summed E-state index contributed by atoms with van der Waals surface area (Å²) in [4.78, 5) is 12.3. The normalized spacial score (nSPS) is 21.5. The fourth-order valence-electron chi connectivity index (χ4n) is 3.07. The van der Waals surface area contributed by atoms with Gasteiger partial charge in [0.1, 0.15) is 6.07 Å². The Kier molecular flexibility index (Phi) is 6.57. The number of carbonyl (C=O) groups excluding carboxylic acids is 1. The van der Waals surface area contributed by atoms with Crippen LogP contribution in [0, 0.1) is 17.2 Å². The molecule has 7 heteroatoms. The number of nitrogens with one attached hydrogen (secondary N) is 1. The molecule has 1 N–H and O–H groups in total. The second-order valence-corrected chi connectivity index (χ2v) is 8.31. The summed E-state index contributed by atoms with van der Waals surface area (Å²) in [5.74, 6) is -0.439. The lowest BCUT2D eigenvalue weighted by molar-refractivity contribution is -0.126. The Hall–Kier alpha value is -1.91. The Morgan fingerprint density at radius 2 is 2.08 bits per heavy atom. The maximum absolute atomic E-state index is 13.0. The smallest absolute Gasteiger partial charge is 0.244 e. The minimum Gasteiger partial charge on any atom is -0.356 e. The van der Waals surface area contributed by atoms with Crippen LogP contribution in [0.3, 0.4) is 0 Å². The molecule has 2 unspecified atom stereocenters. The third kappa shape index (κ3) is 4.39. The Morgan fingerprint density at radius 3 is 2.76 bits per heavy atom. The fraction of sp³-hybridized carbons (Fsp3) is 0.556. The number of rotatable bonds is 6. The van der Waals surface area contributed by atoms with Crippen LogP contribution in [-0.4, -0.2) is 37.8 Å². The van der Waals surface area contributed by atoms with Crippen LogP contribution in [0.25, 0.3) is 0 Å². The van der Waals surface area contributed by atoms with E-state index in [0.717, 1.165) is 12.8 Å². The maximum atomic E-state index is 13.0. The van der Waals surface area contributed by atoms with Gasteiger partial charge in [0.2, 0.25) is 15.9 Å². The number of unbranched alkanes of at least 4 members (excludes halogenated alkanes) is 1. The summed E-state index contributed by atoms with van der Waals surface area (Å²) in [6, 6.07) is 7.94. The number of sulfonamides is 1. The summed E-state index contributed by atoms with van der Waals surface area (Å²) in [5, 5.41) is 12.1. The van der Waals surface area contributed by atoms with E-state index in [4.69, 9.17) is 0 Å². The van der Waals surface area contributed by atoms with Crippen LogP contribution in [0.1, 0.15) is 45.1 Å². The molecule has 1 heterocycles. The van der Waals surface area contributed by atoms with Crippen molar-refractivity contribution in [3.8, 4) is 6.07 Å². The first-order valence-corrected chi connectivity index (χ1v) is 10.1. The Labute approximate surface area is 149 Å². The number of hydrogen-bond acceptors (Lipinski definition) is 4. The summed E-state index contributed by atoms with van der Waals surface area (Å²) in [6.45, 7) is 4.67. The van der Waals surface area contributed by atoms with E-state index in [1.807, 2.05) is 13.0 Å². The van der Waals surface area contributed by atoms with Crippen molar-refractivity contribution in [2.45, 2.75) is 50.5 Å². The van der Waals surface area contributed by atoms with Gasteiger partial charge in [-0.05, 0) is 38.3 Å². The van der Waals surface area contributed by atoms with E-state index < -0.39 is 10.0 Å². The first-order valence-electron chi connectivity index (χ1n) is 8.70. The van der Waals surface area contributed by atoms with Gasteiger partial charge in [0.25, 0.3) is 0 Å². The highest BCUT2D eigenvalue weighted by Gasteiger charge is 2.38. The van der Waals surface area contributed by atoms with Gasteiger partial charge in [-0.25, -0.2) is 8.42 Å². The molecular weight excluding hydrogens is 338 g/mol. The molecule has 1 amide bonds. The van der Waals surface area contributed by atoms with Gasteiger partial charge in [0.15, 0.2) is 0 Å². The molecule has 1 fully saturated rings. The summed E-state index contributed by atoms with van der Waals surface area (Å²) < 4.78 is 27.5. The van der Waals surface area contributed by atoms with E-state index in [1.165, 1.54) is 16.4 Å². The van der Waals surface area contributed by atoms with Gasteiger partial charge in [-0.3, -0.25) is 4.79 Å². The third-order valence-electron chi connectivity index (χ3n) is 4.62. The van der Waals surface area contributed by atoms with Crippen molar-refractivity contribution < 1.29 is 13.2 Å². The molecule has 0 bridgehead atoms. The number of nitriles is 1. The Morgan fingerprint density at radius 1 is 1.36 bits per heavy atom. The van der Waals surface area contributed by atoms with E-state index in [-0.39, 0.29) is 34.9 Å². The predicted molar refractivity (Wildman–Crippen MR) is 95.2 cm³/mol. The molecule has 1 aromatic rings. The maximum Gasteiger partial charge on any atom is 0.244 e. The van der Waals surface area contributed by atoms with Crippen molar-refractivity contribution in [3.05, 3.63) is 29.8 Å². The molecule has 0 aromatic heterocycles. The molecule has 1 saturated heterocycles. The SMILES string of the molecule is CCCCNC(=O)C1CCC(C)N(S(=O)(=O)c2ccccc2C#N)C1. The highest BCUT2D eigenvalue weighted by Crippen LogP contribution is 2.29. The highest BCUT2D eigenvalue weighted by molar-refractivity contribution is 7.89. The van der Waals surface area contributed by atoms with Gasteiger partial charge >= 0.3 is 0 Å². The summed E-state index contributed by atoms with van der Waals surface area (Å²) >= 11 is 0. The highest BCUT2D eigenvalue weighted by atomic mass is 32.2. The van der Waals surface area contributed by atoms with Crippen LogP contribution in [-0.2, 0) is 14.8 Å². The van der Waals surface area contributed by atoms with Crippen LogP contribution >= 0.6 is 0 Å². The van der Waals surface area contributed by atoms with E-state index in [1.54, 1.807) is 12.1 Å². The molecule has 0 radical (unpaired) electrons. The molecule has 0 spiro atoms. The van der Waals surface area contributed by atoms with Gasteiger partial charge in [-0.1, -0.05) is 25.5 Å². The number of carbonyl (C=O) groups is 1. The minimum absolute atomic E-state index is 0.0105. The number of benzene rings is 1. The Balaban J connectivity index is 2.21. The zero-order valence-corrected chi connectivity index (χ0v) is 15.6. The van der Waals surface area contributed by atoms with Crippen molar-refractivity contribution in [1.82, 2.24) is 9.62 Å². The molecule has 2 rings (SSSR count). The molecule has 25 heavy (non-hydrogen) atoms. The second-order valence-electron chi connectivity index (χ2n) is 6.45. The minimum atomic E-state index is -3.81. The molecule has 1 aliphatic rings. The first kappa shape index (κ1) is 19.4. The number of amides is 1. The van der Waals surface area contributed by atoms with Crippen molar-refractivity contribution in [1.29, 1.82) is 5.26 Å². The predicted octanol–water partition coefficient (Wildman–Crippen LogP) is 2.26. The van der Waals surface area contributed by atoms with Gasteiger partial charge < -0.3 is 5.32 Å². The van der Waals surface area contributed by atoms with E-state index in [9.17, 15) is 18.5 Å². The van der Waals surface area contributed by atoms with Crippen molar-refractivity contribution in [2.24, 2.45) is 5.92 Å². The van der Waals surface area contributed by atoms with Crippen molar-refractivity contribution >= 4 is 15.9 Å². The van der Waals surface area contributed by atoms with E-state index in [0.29, 0.717) is 19.4 Å². The van der Waals surface area contributed by atoms with Crippen LogP contribution in [0.15, 0.2) is 29.2 Å². The lowest BCUT2D eigenvalue weighted by atomic mass is 9.94. The topological polar surface area (TPSA) is 90.3 Å². The van der Waals surface area contributed by atoms with Gasteiger partial charge in [-0.15, -0.1) is 0 Å². The molecule has 0 aliphatic carbocycles. The lowest BCUT2D eigenvalue weighted by Crippen LogP contribution is -2.49. The quantitative estimate of drug-likeness (QED) is 0.785. The van der Waals surface area contributed by atoms with Crippen LogP contribution in [0.2, 0.25) is 0 Å². The van der Waals surface area contributed by atoms with Gasteiger partial charge in [0.05, 0.1) is 16.4 Å². The number of nitrogens with zero attached hydrogens (tertiary/aromatic N) is 2. The Bertz CT molecular complexity index is 755. The molecular formula is C18H25N3O3S. The largest absolute Gasteiger partial charge is 0.356 e. The molecule has 1 aromatic carbocycles. The molecule has 0 saturated carbocycles. The number of hydrogen-bond donors (Lipinski definition) is 1.